The van der Waals surface area contributed by atoms with Crippen LogP contribution < -0.4 is 0 Å². The Labute approximate surface area is 181 Å². The summed E-state index contributed by atoms with van der Waals surface area (Å²) in [6.45, 7) is 14.8. The number of amides is 2. The van der Waals surface area contributed by atoms with E-state index in [-0.39, 0.29) is 16.7 Å². The minimum atomic E-state index is -0.254. The number of fused-ring (bicyclic) bond motifs is 1. The molecule has 5 nitrogen and oxygen atoms in total. The molecule has 0 radical (unpaired) electrons. The molecule has 0 bridgehead atoms. The van der Waals surface area contributed by atoms with E-state index in [0.29, 0.717) is 11.8 Å². The van der Waals surface area contributed by atoms with E-state index >= 15 is 0 Å². The van der Waals surface area contributed by atoms with Crippen LogP contribution in [-0.4, -0.2) is 72.3 Å². The van der Waals surface area contributed by atoms with Gasteiger partial charge in [0.2, 0.25) is 5.91 Å². The summed E-state index contributed by atoms with van der Waals surface area (Å²) in [5.41, 5.74) is 1.65. The molecule has 0 aromatic heterocycles. The van der Waals surface area contributed by atoms with Crippen LogP contribution in [-0.2, 0) is 4.79 Å². The average Bonchev–Trinajstić information content (AvgIpc) is 3.19. The van der Waals surface area contributed by atoms with Crippen molar-refractivity contribution in [3.05, 3.63) is 35.4 Å². The highest BCUT2D eigenvalue weighted by Crippen LogP contribution is 2.57. The van der Waals surface area contributed by atoms with Crippen LogP contribution in [0.2, 0.25) is 0 Å². The van der Waals surface area contributed by atoms with Crippen LogP contribution in [0.25, 0.3) is 0 Å². The van der Waals surface area contributed by atoms with Gasteiger partial charge in [0.1, 0.15) is 0 Å². The molecule has 0 saturated carbocycles. The fourth-order valence-electron chi connectivity index (χ4n) is 6.34. The van der Waals surface area contributed by atoms with Crippen molar-refractivity contribution in [1.82, 2.24) is 14.7 Å². The van der Waals surface area contributed by atoms with Gasteiger partial charge >= 0.3 is 0 Å². The number of piperidine rings is 1. The van der Waals surface area contributed by atoms with E-state index in [4.69, 9.17) is 0 Å². The van der Waals surface area contributed by atoms with Gasteiger partial charge < -0.3 is 14.7 Å². The van der Waals surface area contributed by atoms with E-state index < -0.39 is 0 Å². The lowest BCUT2D eigenvalue weighted by atomic mass is 9.60. The molecule has 1 unspecified atom stereocenters. The van der Waals surface area contributed by atoms with E-state index in [1.54, 1.807) is 0 Å². The van der Waals surface area contributed by atoms with Crippen LogP contribution >= 0.6 is 0 Å². The minimum Gasteiger partial charge on any atom is -0.342 e. The van der Waals surface area contributed by atoms with E-state index in [1.807, 2.05) is 36.1 Å². The molecule has 1 aromatic carbocycles. The highest BCUT2D eigenvalue weighted by atomic mass is 16.2. The summed E-state index contributed by atoms with van der Waals surface area (Å²) in [7, 11) is 0. The maximum atomic E-state index is 13.6. The Hall–Kier alpha value is -1.88. The van der Waals surface area contributed by atoms with Crippen molar-refractivity contribution in [3.8, 4) is 0 Å². The highest BCUT2D eigenvalue weighted by Gasteiger charge is 2.64. The quantitative estimate of drug-likeness (QED) is 0.762. The second-order valence-electron chi connectivity index (χ2n) is 10.2. The van der Waals surface area contributed by atoms with E-state index in [2.05, 4.69) is 30.6 Å². The van der Waals surface area contributed by atoms with Crippen molar-refractivity contribution in [1.29, 1.82) is 0 Å². The SMILES string of the molecule is CCN1CCC2(CN(CC(C)C)CC23CCN(C(=O)c2cccc(C)c2)CC3)C1=O. The lowest BCUT2D eigenvalue weighted by Crippen LogP contribution is -2.53. The van der Waals surface area contributed by atoms with Gasteiger partial charge in [-0.3, -0.25) is 9.59 Å². The lowest BCUT2D eigenvalue weighted by molar-refractivity contribution is -0.141. The summed E-state index contributed by atoms with van der Waals surface area (Å²) in [5, 5.41) is 0. The third-order valence-electron chi connectivity index (χ3n) is 7.82. The fraction of sp³-hybridized carbons (Fsp3) is 0.680. The number of hydrogen-bond acceptors (Lipinski definition) is 3. The first kappa shape index (κ1) is 21.4. The smallest absolute Gasteiger partial charge is 0.253 e. The molecular weight excluding hydrogens is 374 g/mol. The zero-order valence-corrected chi connectivity index (χ0v) is 19.1. The molecule has 3 aliphatic rings. The Morgan fingerprint density at radius 3 is 2.43 bits per heavy atom. The number of likely N-dealkylation sites (tertiary alicyclic amines) is 3. The third-order valence-corrected chi connectivity index (χ3v) is 7.82. The summed E-state index contributed by atoms with van der Waals surface area (Å²) < 4.78 is 0. The normalized spacial score (nSPS) is 26.5. The van der Waals surface area contributed by atoms with Gasteiger partial charge in [0, 0.05) is 56.8 Å². The van der Waals surface area contributed by atoms with Crippen molar-refractivity contribution in [2.24, 2.45) is 16.7 Å². The molecule has 1 aromatic rings. The first-order valence-electron chi connectivity index (χ1n) is 11.7. The van der Waals surface area contributed by atoms with Gasteiger partial charge in [-0.2, -0.15) is 0 Å². The van der Waals surface area contributed by atoms with E-state index in [9.17, 15) is 9.59 Å². The van der Waals surface area contributed by atoms with Gasteiger partial charge in [-0.05, 0) is 51.2 Å². The van der Waals surface area contributed by atoms with Gasteiger partial charge in [-0.25, -0.2) is 0 Å². The summed E-state index contributed by atoms with van der Waals surface area (Å²) >= 11 is 0. The number of rotatable bonds is 4. The predicted molar refractivity (Wildman–Crippen MR) is 119 cm³/mol. The Bertz CT molecular complexity index is 812. The Kier molecular flexibility index (Phi) is 5.69. The molecule has 30 heavy (non-hydrogen) atoms. The number of hydrogen-bond donors (Lipinski definition) is 0. The van der Waals surface area contributed by atoms with Gasteiger partial charge in [0.05, 0.1) is 5.41 Å². The third kappa shape index (κ3) is 3.45. The monoisotopic (exact) mass is 411 g/mol. The number of carbonyl (C=O) groups excluding carboxylic acids is 2. The Morgan fingerprint density at radius 2 is 1.83 bits per heavy atom. The predicted octanol–water partition coefficient (Wildman–Crippen LogP) is 3.43. The van der Waals surface area contributed by atoms with Crippen LogP contribution in [0.3, 0.4) is 0 Å². The van der Waals surface area contributed by atoms with Crippen molar-refractivity contribution in [2.45, 2.75) is 47.0 Å². The van der Waals surface area contributed by atoms with Gasteiger partial charge in [-0.1, -0.05) is 31.5 Å². The molecular formula is C25H37N3O2. The summed E-state index contributed by atoms with van der Waals surface area (Å²) in [6, 6.07) is 7.88. The van der Waals surface area contributed by atoms with Crippen molar-refractivity contribution in [2.75, 3.05) is 45.8 Å². The largest absolute Gasteiger partial charge is 0.342 e. The molecule has 4 rings (SSSR count). The molecule has 3 aliphatic heterocycles. The van der Waals surface area contributed by atoms with Crippen LogP contribution in [0.4, 0.5) is 0 Å². The van der Waals surface area contributed by atoms with Crippen LogP contribution in [0, 0.1) is 23.7 Å². The number of carbonyl (C=O) groups is 2. The zero-order chi connectivity index (χ0) is 21.5. The number of nitrogens with zero attached hydrogens (tertiary/aromatic N) is 3. The number of benzene rings is 1. The van der Waals surface area contributed by atoms with E-state index in [1.165, 1.54) is 0 Å². The Balaban J connectivity index is 1.55. The molecule has 2 spiro atoms. The Morgan fingerprint density at radius 1 is 1.10 bits per heavy atom. The minimum absolute atomic E-state index is 0.00623. The molecule has 3 heterocycles. The molecule has 1 atom stereocenters. The fourth-order valence-corrected chi connectivity index (χ4v) is 6.34. The maximum Gasteiger partial charge on any atom is 0.253 e. The summed E-state index contributed by atoms with van der Waals surface area (Å²) in [6.07, 6.45) is 2.84. The van der Waals surface area contributed by atoms with Crippen molar-refractivity contribution in [3.63, 3.8) is 0 Å². The standard InChI is InChI=1S/C25H37N3O2/c1-5-27-14-11-25(23(27)30)18-26(16-19(2)3)17-24(25)9-12-28(13-10-24)22(29)21-8-6-7-20(4)15-21/h6-8,15,19H,5,9-14,16-18H2,1-4H3. The topological polar surface area (TPSA) is 43.9 Å². The van der Waals surface area contributed by atoms with Gasteiger partial charge in [-0.15, -0.1) is 0 Å². The number of aryl methyl sites for hydroxylation is 1. The molecule has 0 N–H and O–H groups in total. The van der Waals surface area contributed by atoms with Crippen molar-refractivity contribution < 1.29 is 9.59 Å². The zero-order valence-electron chi connectivity index (χ0n) is 19.1. The van der Waals surface area contributed by atoms with Crippen molar-refractivity contribution >= 4 is 11.8 Å². The summed E-state index contributed by atoms with van der Waals surface area (Å²) in [4.78, 5) is 33.3. The summed E-state index contributed by atoms with van der Waals surface area (Å²) in [5.74, 6) is 1.10. The second kappa shape index (κ2) is 7.99. The first-order chi connectivity index (χ1) is 14.3. The van der Waals surface area contributed by atoms with Crippen LogP contribution in [0.5, 0.6) is 0 Å². The molecule has 164 valence electrons. The van der Waals surface area contributed by atoms with E-state index in [0.717, 1.165) is 76.2 Å². The van der Waals surface area contributed by atoms with Crippen LogP contribution in [0.1, 0.15) is 56.0 Å². The second-order valence-corrected chi connectivity index (χ2v) is 10.2. The maximum absolute atomic E-state index is 13.6. The van der Waals surface area contributed by atoms with Crippen LogP contribution in [0.15, 0.2) is 24.3 Å². The molecule has 2 amide bonds. The van der Waals surface area contributed by atoms with Gasteiger partial charge in [0.25, 0.3) is 5.91 Å². The lowest BCUT2D eigenvalue weighted by Gasteiger charge is -2.47. The molecule has 3 fully saturated rings. The highest BCUT2D eigenvalue weighted by molar-refractivity contribution is 5.94. The molecule has 3 saturated heterocycles. The average molecular weight is 412 g/mol. The van der Waals surface area contributed by atoms with Gasteiger partial charge in [0.15, 0.2) is 0 Å². The molecule has 0 aliphatic carbocycles. The molecule has 5 heteroatoms. The first-order valence-corrected chi connectivity index (χ1v) is 11.7.